The minimum atomic E-state index is -2.96. The van der Waals surface area contributed by atoms with Crippen LogP contribution in [-0.2, 0) is 16.4 Å². The second-order valence-corrected chi connectivity index (χ2v) is 9.94. The van der Waals surface area contributed by atoms with Gasteiger partial charge in [0.05, 0.1) is 18.1 Å². The van der Waals surface area contributed by atoms with Gasteiger partial charge in [0.15, 0.2) is 9.84 Å². The average Bonchev–Trinajstić information content (AvgIpc) is 3.44. The van der Waals surface area contributed by atoms with Gasteiger partial charge in [0.25, 0.3) is 5.89 Å². The van der Waals surface area contributed by atoms with Crippen LogP contribution in [0.5, 0.6) is 0 Å². The van der Waals surface area contributed by atoms with Gasteiger partial charge in [-0.15, -0.1) is 10.2 Å². The van der Waals surface area contributed by atoms with Crippen LogP contribution in [0.25, 0.3) is 22.7 Å². The molecule has 1 unspecified atom stereocenters. The van der Waals surface area contributed by atoms with Gasteiger partial charge < -0.3 is 8.94 Å². The Morgan fingerprint density at radius 3 is 2.70 bits per heavy atom. The molecule has 30 heavy (non-hydrogen) atoms. The Bertz CT molecular complexity index is 1090. The Balaban J connectivity index is 1.57. The Kier molecular flexibility index (Phi) is 6.01. The molecule has 0 amide bonds. The number of sulfone groups is 1. The van der Waals surface area contributed by atoms with Crippen LogP contribution < -0.4 is 0 Å². The molecule has 9 heteroatoms. The predicted molar refractivity (Wildman–Crippen MR) is 112 cm³/mol. The molecule has 4 rings (SSSR count). The molecule has 1 fully saturated rings. The molecule has 2 aromatic heterocycles. The lowest BCUT2D eigenvalue weighted by Gasteiger charge is -2.26. The number of aromatic nitrogens is 3. The molecule has 1 aliphatic heterocycles. The molecular formula is C21H26N4O4S. The Morgan fingerprint density at radius 1 is 1.20 bits per heavy atom. The van der Waals surface area contributed by atoms with Crippen LogP contribution in [0.1, 0.15) is 37.8 Å². The first-order chi connectivity index (χ1) is 14.5. The largest absolute Gasteiger partial charge is 0.419 e. The molecule has 0 aliphatic carbocycles. The molecule has 8 nitrogen and oxygen atoms in total. The fraction of sp³-hybridized carbons (Fsp3) is 0.476. The molecule has 0 saturated carbocycles. The fourth-order valence-electron chi connectivity index (χ4n) is 3.82. The number of hydrogen-bond donors (Lipinski definition) is 0. The van der Waals surface area contributed by atoms with E-state index < -0.39 is 9.84 Å². The smallest absolute Gasteiger partial charge is 0.253 e. The van der Waals surface area contributed by atoms with Gasteiger partial charge in [-0.3, -0.25) is 4.90 Å². The number of aryl methyl sites for hydroxylation is 1. The first-order valence-corrected chi connectivity index (χ1v) is 12.1. The van der Waals surface area contributed by atoms with Crippen molar-refractivity contribution < 1.29 is 17.4 Å². The van der Waals surface area contributed by atoms with Crippen molar-refractivity contribution in [3.63, 3.8) is 0 Å². The summed E-state index contributed by atoms with van der Waals surface area (Å²) in [7, 11) is -2.96. The summed E-state index contributed by atoms with van der Waals surface area (Å²) in [5, 5.41) is 12.6. The van der Waals surface area contributed by atoms with Crippen molar-refractivity contribution in [1.29, 1.82) is 0 Å². The number of rotatable bonds is 8. The minimum absolute atomic E-state index is 0.00546. The lowest BCUT2D eigenvalue weighted by Crippen LogP contribution is -2.36. The lowest BCUT2D eigenvalue weighted by molar-refractivity contribution is 0.182. The predicted octanol–water partition coefficient (Wildman–Crippen LogP) is 3.49. The first kappa shape index (κ1) is 20.7. The van der Waals surface area contributed by atoms with Gasteiger partial charge in [-0.2, -0.15) is 0 Å². The summed E-state index contributed by atoms with van der Waals surface area (Å²) in [6.07, 6.45) is 2.67. The van der Waals surface area contributed by atoms with Gasteiger partial charge in [0.1, 0.15) is 17.0 Å². The van der Waals surface area contributed by atoms with Gasteiger partial charge in [0.2, 0.25) is 5.89 Å². The van der Waals surface area contributed by atoms with E-state index in [9.17, 15) is 8.42 Å². The maximum absolute atomic E-state index is 11.9. The third-order valence-electron chi connectivity index (χ3n) is 5.45. The molecule has 160 valence electrons. The van der Waals surface area contributed by atoms with Gasteiger partial charge in [-0.25, -0.2) is 8.42 Å². The van der Waals surface area contributed by atoms with Gasteiger partial charge in [-0.1, -0.05) is 48.8 Å². The summed E-state index contributed by atoms with van der Waals surface area (Å²) in [5.74, 6) is 1.87. The van der Waals surface area contributed by atoms with Crippen molar-refractivity contribution in [3.8, 4) is 22.7 Å². The maximum atomic E-state index is 11.9. The molecule has 3 heterocycles. The van der Waals surface area contributed by atoms with Crippen LogP contribution in [0.15, 0.2) is 39.3 Å². The van der Waals surface area contributed by atoms with E-state index >= 15 is 0 Å². The highest BCUT2D eigenvalue weighted by atomic mass is 32.2. The van der Waals surface area contributed by atoms with Gasteiger partial charge in [0, 0.05) is 11.6 Å². The quantitative estimate of drug-likeness (QED) is 0.535. The average molecular weight is 431 g/mol. The van der Waals surface area contributed by atoms with Crippen LogP contribution in [0.2, 0.25) is 0 Å². The SMILES string of the molecule is CCCCN(Cc1nnc(-c2c(-c3ccccc3)noc2C)o1)C1CCS(=O)(=O)C1. The summed E-state index contributed by atoms with van der Waals surface area (Å²) >= 11 is 0. The third-order valence-corrected chi connectivity index (χ3v) is 7.20. The number of benzene rings is 1. The van der Waals surface area contributed by atoms with E-state index in [2.05, 4.69) is 27.2 Å². The van der Waals surface area contributed by atoms with E-state index in [1.807, 2.05) is 37.3 Å². The van der Waals surface area contributed by atoms with E-state index in [-0.39, 0.29) is 17.5 Å². The Labute approximate surface area is 176 Å². The first-order valence-electron chi connectivity index (χ1n) is 10.3. The zero-order chi connectivity index (χ0) is 21.1. The number of unbranched alkanes of at least 4 members (excludes halogenated alkanes) is 1. The van der Waals surface area contributed by atoms with Crippen LogP contribution in [0, 0.1) is 6.92 Å². The molecule has 1 aromatic carbocycles. The van der Waals surface area contributed by atoms with Crippen molar-refractivity contribution in [1.82, 2.24) is 20.3 Å². The molecule has 0 N–H and O–H groups in total. The number of hydrogen-bond acceptors (Lipinski definition) is 8. The van der Waals surface area contributed by atoms with Gasteiger partial charge >= 0.3 is 0 Å². The van der Waals surface area contributed by atoms with Crippen LogP contribution >= 0.6 is 0 Å². The van der Waals surface area contributed by atoms with Crippen LogP contribution in [0.3, 0.4) is 0 Å². The summed E-state index contributed by atoms with van der Waals surface area (Å²) in [6, 6.07) is 9.70. The van der Waals surface area contributed by atoms with Crippen molar-refractivity contribution in [2.24, 2.45) is 0 Å². The molecule has 0 spiro atoms. The van der Waals surface area contributed by atoms with E-state index in [4.69, 9.17) is 8.94 Å². The highest BCUT2D eigenvalue weighted by Crippen LogP contribution is 2.33. The van der Waals surface area contributed by atoms with E-state index in [1.54, 1.807) is 0 Å². The summed E-state index contributed by atoms with van der Waals surface area (Å²) in [4.78, 5) is 2.16. The van der Waals surface area contributed by atoms with Crippen LogP contribution in [0.4, 0.5) is 0 Å². The second-order valence-electron chi connectivity index (χ2n) is 7.71. The Morgan fingerprint density at radius 2 is 2.00 bits per heavy atom. The Hall–Kier alpha value is -2.52. The zero-order valence-electron chi connectivity index (χ0n) is 17.2. The highest BCUT2D eigenvalue weighted by molar-refractivity contribution is 7.91. The highest BCUT2D eigenvalue weighted by Gasteiger charge is 2.33. The third kappa shape index (κ3) is 4.46. The lowest BCUT2D eigenvalue weighted by atomic mass is 10.1. The van der Waals surface area contributed by atoms with Crippen molar-refractivity contribution >= 4 is 9.84 Å². The molecule has 1 aliphatic rings. The topological polar surface area (TPSA) is 102 Å². The molecule has 1 saturated heterocycles. The van der Waals surface area contributed by atoms with E-state index in [0.717, 1.165) is 24.9 Å². The van der Waals surface area contributed by atoms with Gasteiger partial charge in [-0.05, 0) is 26.3 Å². The minimum Gasteiger partial charge on any atom is -0.419 e. The molecule has 1 atom stereocenters. The zero-order valence-corrected chi connectivity index (χ0v) is 18.1. The number of nitrogens with zero attached hydrogens (tertiary/aromatic N) is 4. The standard InChI is InChI=1S/C21H26N4O4S/c1-3-4-11-25(17-10-12-30(26,27)14-17)13-18-22-23-21(28-18)19-15(2)29-24-20(19)16-8-6-5-7-9-16/h5-9,17H,3-4,10-14H2,1-2H3. The van der Waals surface area contributed by atoms with Crippen LogP contribution in [-0.4, -0.2) is 52.8 Å². The monoisotopic (exact) mass is 430 g/mol. The van der Waals surface area contributed by atoms with Crippen molar-refractivity contribution in [3.05, 3.63) is 42.0 Å². The van der Waals surface area contributed by atoms with Crippen molar-refractivity contribution in [2.75, 3.05) is 18.1 Å². The molecular weight excluding hydrogens is 404 g/mol. The second kappa shape index (κ2) is 8.69. The fourth-order valence-corrected chi connectivity index (χ4v) is 5.59. The van der Waals surface area contributed by atoms with E-state index in [1.165, 1.54) is 0 Å². The summed E-state index contributed by atoms with van der Waals surface area (Å²) in [5.41, 5.74) is 2.25. The molecule has 0 radical (unpaired) electrons. The molecule has 3 aromatic rings. The van der Waals surface area contributed by atoms with Crippen molar-refractivity contribution in [2.45, 2.75) is 45.7 Å². The maximum Gasteiger partial charge on any atom is 0.253 e. The summed E-state index contributed by atoms with van der Waals surface area (Å²) < 4.78 is 35.3. The normalized spacial score (nSPS) is 18.3. The molecule has 0 bridgehead atoms. The van der Waals surface area contributed by atoms with E-state index in [0.29, 0.717) is 41.8 Å². The summed E-state index contributed by atoms with van der Waals surface area (Å²) in [6.45, 7) is 5.16.